The lowest BCUT2D eigenvalue weighted by molar-refractivity contribution is 0.0347. The monoisotopic (exact) mass is 249 g/mol. The summed E-state index contributed by atoms with van der Waals surface area (Å²) in [6, 6.07) is 5.61. The van der Waals surface area contributed by atoms with Gasteiger partial charge in [-0.25, -0.2) is 0 Å². The first-order chi connectivity index (χ1) is 8.75. The normalized spacial score (nSPS) is 16.7. The molecular weight excluding hydrogens is 226 g/mol. The minimum atomic E-state index is 0.469. The van der Waals surface area contributed by atoms with Crippen molar-refractivity contribution in [2.45, 2.75) is 38.2 Å². The van der Waals surface area contributed by atoms with Gasteiger partial charge in [-0.05, 0) is 31.0 Å². The highest BCUT2D eigenvalue weighted by Crippen LogP contribution is 2.21. The van der Waals surface area contributed by atoms with Gasteiger partial charge >= 0.3 is 0 Å². The number of rotatable bonds is 5. The van der Waals surface area contributed by atoms with Gasteiger partial charge in [-0.2, -0.15) is 0 Å². The van der Waals surface area contributed by atoms with Gasteiger partial charge in [0.1, 0.15) is 0 Å². The summed E-state index contributed by atoms with van der Waals surface area (Å²) in [6.45, 7) is 1.55. The summed E-state index contributed by atoms with van der Waals surface area (Å²) < 4.78 is 5.84. The number of nitrogens with two attached hydrogens (primary N) is 2. The number of nitrogen functional groups attached to an aromatic ring is 2. The van der Waals surface area contributed by atoms with E-state index in [0.717, 1.165) is 18.8 Å². The minimum absolute atomic E-state index is 0.469. The van der Waals surface area contributed by atoms with Crippen molar-refractivity contribution in [2.75, 3.05) is 29.9 Å². The molecule has 0 heterocycles. The summed E-state index contributed by atoms with van der Waals surface area (Å²) >= 11 is 0. The average molecular weight is 249 g/mol. The molecule has 0 radical (unpaired) electrons. The van der Waals surface area contributed by atoms with Gasteiger partial charge in [0.05, 0.1) is 24.1 Å². The highest BCUT2D eigenvalue weighted by Gasteiger charge is 2.12. The fourth-order valence-corrected chi connectivity index (χ4v) is 2.34. The molecule has 0 spiro atoms. The molecule has 0 unspecified atom stereocenters. The molecule has 1 aromatic rings. The third kappa shape index (κ3) is 3.81. The number of benzene rings is 1. The predicted octanol–water partition coefficient (Wildman–Crippen LogP) is 2.61. The Hall–Kier alpha value is -1.42. The molecule has 4 heteroatoms. The van der Waals surface area contributed by atoms with Gasteiger partial charge in [0.15, 0.2) is 0 Å². The van der Waals surface area contributed by atoms with Crippen LogP contribution in [0.15, 0.2) is 18.2 Å². The maximum Gasteiger partial charge on any atom is 0.0642 e. The van der Waals surface area contributed by atoms with Crippen LogP contribution >= 0.6 is 0 Å². The highest BCUT2D eigenvalue weighted by atomic mass is 16.5. The van der Waals surface area contributed by atoms with Crippen molar-refractivity contribution in [3.8, 4) is 0 Å². The molecule has 0 amide bonds. The van der Waals surface area contributed by atoms with Crippen molar-refractivity contribution in [3.63, 3.8) is 0 Å². The molecule has 0 saturated heterocycles. The maximum atomic E-state index is 5.84. The van der Waals surface area contributed by atoms with Gasteiger partial charge in [0.2, 0.25) is 0 Å². The van der Waals surface area contributed by atoms with Gasteiger partial charge < -0.3 is 21.5 Å². The van der Waals surface area contributed by atoms with E-state index in [1.165, 1.54) is 32.1 Å². The largest absolute Gasteiger partial charge is 0.397 e. The van der Waals surface area contributed by atoms with E-state index < -0.39 is 0 Å². The molecule has 1 aromatic carbocycles. The number of anilines is 3. The zero-order chi connectivity index (χ0) is 12.8. The fraction of sp³-hybridized carbons (Fsp3) is 0.571. The topological polar surface area (TPSA) is 73.3 Å². The Morgan fingerprint density at radius 3 is 2.61 bits per heavy atom. The number of nitrogens with one attached hydrogen (secondary N) is 1. The molecule has 0 bridgehead atoms. The lowest BCUT2D eigenvalue weighted by Crippen LogP contribution is -2.20. The van der Waals surface area contributed by atoms with E-state index in [2.05, 4.69) is 5.32 Å². The first kappa shape index (κ1) is 13.0. The summed E-state index contributed by atoms with van der Waals surface area (Å²) in [4.78, 5) is 0. The van der Waals surface area contributed by atoms with Gasteiger partial charge in [-0.1, -0.05) is 19.3 Å². The molecular formula is C14H23N3O. The Kier molecular flexibility index (Phi) is 4.70. The maximum absolute atomic E-state index is 5.84. The van der Waals surface area contributed by atoms with Crippen molar-refractivity contribution < 1.29 is 4.74 Å². The van der Waals surface area contributed by atoms with E-state index in [9.17, 15) is 0 Å². The Balaban J connectivity index is 1.66. The van der Waals surface area contributed by atoms with E-state index in [4.69, 9.17) is 16.2 Å². The van der Waals surface area contributed by atoms with E-state index >= 15 is 0 Å². The smallest absolute Gasteiger partial charge is 0.0642 e. The van der Waals surface area contributed by atoms with Crippen molar-refractivity contribution in [1.82, 2.24) is 0 Å². The molecule has 1 aliphatic carbocycles. The number of hydrogen-bond donors (Lipinski definition) is 3. The second-order valence-corrected chi connectivity index (χ2v) is 4.90. The van der Waals surface area contributed by atoms with E-state index in [0.29, 0.717) is 17.5 Å². The molecule has 0 atom stereocenters. The first-order valence-electron chi connectivity index (χ1n) is 6.76. The molecule has 100 valence electrons. The van der Waals surface area contributed by atoms with Gasteiger partial charge in [-0.15, -0.1) is 0 Å². The lowest BCUT2D eigenvalue weighted by atomic mass is 9.98. The van der Waals surface area contributed by atoms with Gasteiger partial charge in [0.25, 0.3) is 0 Å². The number of hydrogen-bond acceptors (Lipinski definition) is 4. The zero-order valence-corrected chi connectivity index (χ0v) is 10.8. The summed E-state index contributed by atoms with van der Waals surface area (Å²) in [5.74, 6) is 0. The van der Waals surface area contributed by atoms with Crippen LogP contribution in [0.1, 0.15) is 32.1 Å². The lowest BCUT2D eigenvalue weighted by Gasteiger charge is -2.22. The Morgan fingerprint density at radius 2 is 1.89 bits per heavy atom. The summed E-state index contributed by atoms with van der Waals surface area (Å²) in [7, 11) is 0. The molecule has 0 aromatic heterocycles. The molecule has 1 saturated carbocycles. The van der Waals surface area contributed by atoms with Crippen LogP contribution in [0.5, 0.6) is 0 Å². The van der Waals surface area contributed by atoms with Crippen LogP contribution < -0.4 is 16.8 Å². The van der Waals surface area contributed by atoms with Crippen LogP contribution in [0.3, 0.4) is 0 Å². The summed E-state index contributed by atoms with van der Waals surface area (Å²) in [5, 5.41) is 3.29. The van der Waals surface area contributed by atoms with Crippen molar-refractivity contribution >= 4 is 17.1 Å². The third-order valence-corrected chi connectivity index (χ3v) is 3.42. The van der Waals surface area contributed by atoms with Crippen molar-refractivity contribution in [1.29, 1.82) is 0 Å². The third-order valence-electron chi connectivity index (χ3n) is 3.42. The summed E-state index contributed by atoms with van der Waals surface area (Å²) in [5.41, 5.74) is 13.6. The minimum Gasteiger partial charge on any atom is -0.397 e. The second kappa shape index (κ2) is 6.50. The van der Waals surface area contributed by atoms with Crippen LogP contribution in [0.25, 0.3) is 0 Å². The van der Waals surface area contributed by atoms with Gasteiger partial charge in [0, 0.05) is 12.2 Å². The quantitative estimate of drug-likeness (QED) is 0.554. The molecule has 5 N–H and O–H groups in total. The Bertz CT molecular complexity index is 375. The van der Waals surface area contributed by atoms with Crippen LogP contribution in [-0.4, -0.2) is 19.3 Å². The van der Waals surface area contributed by atoms with E-state index in [1.807, 2.05) is 18.2 Å². The molecule has 18 heavy (non-hydrogen) atoms. The van der Waals surface area contributed by atoms with Crippen molar-refractivity contribution in [2.24, 2.45) is 0 Å². The van der Waals surface area contributed by atoms with Crippen LogP contribution in [0, 0.1) is 0 Å². The Morgan fingerprint density at radius 1 is 1.11 bits per heavy atom. The van der Waals surface area contributed by atoms with Gasteiger partial charge in [-0.3, -0.25) is 0 Å². The van der Waals surface area contributed by atoms with Crippen LogP contribution in [0.4, 0.5) is 17.1 Å². The van der Waals surface area contributed by atoms with Crippen LogP contribution in [0.2, 0.25) is 0 Å². The SMILES string of the molecule is Nc1ccc(NCCOC2CCCCC2)cc1N. The van der Waals surface area contributed by atoms with Crippen molar-refractivity contribution in [3.05, 3.63) is 18.2 Å². The molecule has 0 aliphatic heterocycles. The van der Waals surface area contributed by atoms with E-state index in [-0.39, 0.29) is 0 Å². The fourth-order valence-electron chi connectivity index (χ4n) is 2.34. The zero-order valence-electron chi connectivity index (χ0n) is 10.8. The Labute approximate surface area is 109 Å². The molecule has 1 fully saturated rings. The van der Waals surface area contributed by atoms with Crippen LogP contribution in [-0.2, 0) is 4.74 Å². The first-order valence-corrected chi connectivity index (χ1v) is 6.76. The van der Waals surface area contributed by atoms with E-state index in [1.54, 1.807) is 0 Å². The summed E-state index contributed by atoms with van der Waals surface area (Å²) in [6.07, 6.45) is 6.89. The predicted molar refractivity (Wildman–Crippen MR) is 76.6 cm³/mol. The number of ether oxygens (including phenoxy) is 1. The molecule has 2 rings (SSSR count). The average Bonchev–Trinajstić information content (AvgIpc) is 2.40. The standard InChI is InChI=1S/C14H23N3O/c15-13-7-6-11(10-14(13)16)17-8-9-18-12-4-2-1-3-5-12/h6-7,10,12,17H,1-5,8-9,15-16H2. The molecule has 1 aliphatic rings. The highest BCUT2D eigenvalue weighted by molar-refractivity contribution is 5.69. The second-order valence-electron chi connectivity index (χ2n) is 4.90. The molecule has 4 nitrogen and oxygen atoms in total.